The van der Waals surface area contributed by atoms with E-state index in [9.17, 15) is 4.79 Å². The minimum atomic E-state index is -0.00171. The van der Waals surface area contributed by atoms with E-state index in [1.165, 1.54) is 0 Å². The second kappa shape index (κ2) is 8.67. The van der Waals surface area contributed by atoms with Crippen molar-refractivity contribution in [2.24, 2.45) is 0 Å². The average Bonchev–Trinajstić information content (AvgIpc) is 2.43. The van der Waals surface area contributed by atoms with Gasteiger partial charge in [0.25, 0.3) is 5.91 Å². The first-order valence-electron chi connectivity index (χ1n) is 7.78. The maximum Gasteiger partial charge on any atom is 0.253 e. The molecule has 0 fully saturated rings. The zero-order chi connectivity index (χ0) is 15.8. The molecule has 1 amide bonds. The number of nitrogens with one attached hydrogen (secondary N) is 2. The number of nitrogens with zero attached hydrogens (tertiary/aromatic N) is 1. The highest BCUT2D eigenvalue weighted by molar-refractivity contribution is 5.99. The molecular weight excluding hydrogens is 262 g/mol. The first-order valence-corrected chi connectivity index (χ1v) is 7.78. The lowest BCUT2D eigenvalue weighted by molar-refractivity contribution is 0.0952. The summed E-state index contributed by atoms with van der Waals surface area (Å²) < 4.78 is 0. The van der Waals surface area contributed by atoms with Crippen molar-refractivity contribution in [1.29, 1.82) is 0 Å². The Labute approximate surface area is 128 Å². The molecule has 0 radical (unpaired) electrons. The minimum absolute atomic E-state index is 0.00171. The Balaban J connectivity index is 2.52. The highest BCUT2D eigenvalue weighted by Crippen LogP contribution is 2.17. The second-order valence-electron chi connectivity index (χ2n) is 5.76. The summed E-state index contributed by atoms with van der Waals surface area (Å²) in [6.45, 7) is 10.9. The van der Waals surface area contributed by atoms with E-state index in [4.69, 9.17) is 0 Å². The maximum atomic E-state index is 12.3. The van der Waals surface area contributed by atoms with Gasteiger partial charge in [-0.25, -0.2) is 0 Å². The largest absolute Gasteiger partial charge is 0.385 e. The van der Waals surface area contributed by atoms with E-state index in [0.717, 1.165) is 36.3 Å². The molecule has 1 aromatic rings. The van der Waals surface area contributed by atoms with Crippen molar-refractivity contribution in [2.75, 3.05) is 32.0 Å². The van der Waals surface area contributed by atoms with Crippen LogP contribution in [-0.4, -0.2) is 43.5 Å². The predicted molar refractivity (Wildman–Crippen MR) is 90.1 cm³/mol. The van der Waals surface area contributed by atoms with Crippen LogP contribution in [0.4, 0.5) is 5.69 Å². The van der Waals surface area contributed by atoms with Gasteiger partial charge in [-0.15, -0.1) is 0 Å². The molecule has 0 aromatic heterocycles. The SMILES string of the molecule is CCNc1cc(C)ccc1C(=O)NCCCN(C)C(C)C. The summed E-state index contributed by atoms with van der Waals surface area (Å²) in [5, 5.41) is 6.26. The molecular formula is C17H29N3O. The molecule has 1 aromatic carbocycles. The van der Waals surface area contributed by atoms with Crippen molar-refractivity contribution in [3.63, 3.8) is 0 Å². The zero-order valence-corrected chi connectivity index (χ0v) is 14.0. The van der Waals surface area contributed by atoms with E-state index in [-0.39, 0.29) is 5.91 Å². The van der Waals surface area contributed by atoms with Gasteiger partial charge in [0.15, 0.2) is 0 Å². The van der Waals surface area contributed by atoms with Crippen LogP contribution in [0.5, 0.6) is 0 Å². The predicted octanol–water partition coefficient (Wildman–Crippen LogP) is 2.89. The van der Waals surface area contributed by atoms with Crippen molar-refractivity contribution in [1.82, 2.24) is 10.2 Å². The van der Waals surface area contributed by atoms with Gasteiger partial charge in [-0.3, -0.25) is 4.79 Å². The Morgan fingerprint density at radius 3 is 2.67 bits per heavy atom. The summed E-state index contributed by atoms with van der Waals surface area (Å²) in [5.41, 5.74) is 2.79. The quantitative estimate of drug-likeness (QED) is 0.724. The van der Waals surface area contributed by atoms with Crippen LogP contribution in [0, 0.1) is 6.92 Å². The van der Waals surface area contributed by atoms with Gasteiger partial charge in [0.05, 0.1) is 5.56 Å². The molecule has 0 spiro atoms. The molecule has 0 atom stereocenters. The van der Waals surface area contributed by atoms with Crippen molar-refractivity contribution in [3.8, 4) is 0 Å². The van der Waals surface area contributed by atoms with Crippen molar-refractivity contribution in [2.45, 2.75) is 40.2 Å². The number of carbonyl (C=O) groups excluding carboxylic acids is 1. The van der Waals surface area contributed by atoms with Crippen LogP contribution >= 0.6 is 0 Å². The van der Waals surface area contributed by atoms with Gasteiger partial charge in [0.1, 0.15) is 0 Å². The number of benzene rings is 1. The van der Waals surface area contributed by atoms with E-state index >= 15 is 0 Å². The van der Waals surface area contributed by atoms with E-state index in [1.807, 2.05) is 32.0 Å². The molecule has 0 saturated carbocycles. The number of hydrogen-bond donors (Lipinski definition) is 2. The molecule has 2 N–H and O–H groups in total. The van der Waals surface area contributed by atoms with Gasteiger partial charge in [-0.05, 0) is 65.4 Å². The van der Waals surface area contributed by atoms with Crippen molar-refractivity contribution in [3.05, 3.63) is 29.3 Å². The highest BCUT2D eigenvalue weighted by Gasteiger charge is 2.11. The van der Waals surface area contributed by atoms with Crippen LogP contribution in [0.25, 0.3) is 0 Å². The van der Waals surface area contributed by atoms with Crippen LogP contribution in [0.15, 0.2) is 18.2 Å². The molecule has 4 heteroatoms. The zero-order valence-electron chi connectivity index (χ0n) is 14.0. The standard InChI is InChI=1S/C17H29N3O/c1-6-18-16-12-14(4)8-9-15(16)17(21)19-10-7-11-20(5)13(2)3/h8-9,12-13,18H,6-7,10-11H2,1-5H3,(H,19,21). The third kappa shape index (κ3) is 5.76. The number of hydrogen-bond acceptors (Lipinski definition) is 3. The smallest absolute Gasteiger partial charge is 0.253 e. The summed E-state index contributed by atoms with van der Waals surface area (Å²) >= 11 is 0. The molecule has 0 heterocycles. The maximum absolute atomic E-state index is 12.3. The van der Waals surface area contributed by atoms with Gasteiger partial charge in [-0.2, -0.15) is 0 Å². The fraction of sp³-hybridized carbons (Fsp3) is 0.588. The number of amides is 1. The molecule has 0 unspecified atom stereocenters. The molecule has 21 heavy (non-hydrogen) atoms. The number of aryl methyl sites for hydroxylation is 1. The number of anilines is 1. The van der Waals surface area contributed by atoms with Gasteiger partial charge >= 0.3 is 0 Å². The summed E-state index contributed by atoms with van der Waals surface area (Å²) in [6, 6.07) is 6.43. The number of rotatable bonds is 8. The third-order valence-electron chi connectivity index (χ3n) is 3.64. The molecule has 1 rings (SSSR count). The molecule has 0 aliphatic carbocycles. The molecule has 0 aliphatic heterocycles. The first kappa shape index (κ1) is 17.5. The van der Waals surface area contributed by atoms with E-state index in [0.29, 0.717) is 12.6 Å². The highest BCUT2D eigenvalue weighted by atomic mass is 16.1. The Morgan fingerprint density at radius 1 is 1.33 bits per heavy atom. The van der Waals surface area contributed by atoms with E-state index < -0.39 is 0 Å². The fourth-order valence-electron chi connectivity index (χ4n) is 2.08. The normalized spacial score (nSPS) is 11.0. The van der Waals surface area contributed by atoms with Crippen molar-refractivity contribution < 1.29 is 4.79 Å². The average molecular weight is 291 g/mol. The molecule has 0 aliphatic rings. The molecule has 0 saturated heterocycles. The lowest BCUT2D eigenvalue weighted by Crippen LogP contribution is -2.31. The van der Waals surface area contributed by atoms with Crippen LogP contribution < -0.4 is 10.6 Å². The Morgan fingerprint density at radius 2 is 2.05 bits per heavy atom. The lowest BCUT2D eigenvalue weighted by atomic mass is 10.1. The third-order valence-corrected chi connectivity index (χ3v) is 3.64. The molecule has 0 bridgehead atoms. The van der Waals surface area contributed by atoms with Gasteiger partial charge < -0.3 is 15.5 Å². The summed E-state index contributed by atoms with van der Waals surface area (Å²) in [6.07, 6.45) is 0.961. The van der Waals surface area contributed by atoms with Gasteiger partial charge in [0, 0.05) is 24.8 Å². The summed E-state index contributed by atoms with van der Waals surface area (Å²) in [5.74, 6) is -0.00171. The van der Waals surface area contributed by atoms with Crippen LogP contribution in [0.2, 0.25) is 0 Å². The lowest BCUT2D eigenvalue weighted by Gasteiger charge is -2.20. The van der Waals surface area contributed by atoms with Crippen LogP contribution in [0.3, 0.4) is 0 Å². The molecule has 4 nitrogen and oxygen atoms in total. The van der Waals surface area contributed by atoms with Gasteiger partial charge in [-0.1, -0.05) is 6.07 Å². The second-order valence-corrected chi connectivity index (χ2v) is 5.76. The Hall–Kier alpha value is -1.55. The topological polar surface area (TPSA) is 44.4 Å². The number of carbonyl (C=O) groups is 1. The first-order chi connectivity index (χ1) is 9.95. The summed E-state index contributed by atoms with van der Waals surface area (Å²) in [7, 11) is 2.11. The van der Waals surface area contributed by atoms with Crippen LogP contribution in [-0.2, 0) is 0 Å². The monoisotopic (exact) mass is 291 g/mol. The van der Waals surface area contributed by atoms with E-state index in [1.54, 1.807) is 0 Å². The van der Waals surface area contributed by atoms with Crippen LogP contribution in [0.1, 0.15) is 43.1 Å². The van der Waals surface area contributed by atoms with E-state index in [2.05, 4.69) is 36.4 Å². The minimum Gasteiger partial charge on any atom is -0.385 e. The fourth-order valence-corrected chi connectivity index (χ4v) is 2.08. The summed E-state index contributed by atoms with van der Waals surface area (Å²) in [4.78, 5) is 14.5. The Bertz CT molecular complexity index is 457. The van der Waals surface area contributed by atoms with Crippen molar-refractivity contribution >= 4 is 11.6 Å². The molecule has 118 valence electrons. The van der Waals surface area contributed by atoms with Gasteiger partial charge in [0.2, 0.25) is 0 Å². The Kier molecular flexibility index (Phi) is 7.23.